The number of likely N-dealkylation sites (tertiary alicyclic amines) is 1. The van der Waals surface area contributed by atoms with Gasteiger partial charge in [0.25, 0.3) is 0 Å². The number of primary amides is 1. The maximum Gasteiger partial charge on any atom is 0.318 e. The maximum absolute atomic E-state index is 12.0. The third-order valence-corrected chi connectivity index (χ3v) is 3.37. The summed E-state index contributed by atoms with van der Waals surface area (Å²) in [5.74, 6) is -2.11. The molecule has 0 aromatic carbocycles. The van der Waals surface area contributed by atoms with Crippen molar-refractivity contribution >= 4 is 17.9 Å². The lowest BCUT2D eigenvalue weighted by molar-refractivity contribution is -0.142. The van der Waals surface area contributed by atoms with Crippen LogP contribution in [-0.4, -0.2) is 46.0 Å². The molecular formula is C11H19N3O4. The van der Waals surface area contributed by atoms with E-state index in [9.17, 15) is 14.4 Å². The number of nitrogens with zero attached hydrogens (tertiary/aromatic N) is 1. The van der Waals surface area contributed by atoms with E-state index < -0.39 is 35.4 Å². The lowest BCUT2D eigenvalue weighted by atomic mass is 10.0. The number of hydrogen-bond acceptors (Lipinski definition) is 3. The first-order chi connectivity index (χ1) is 8.16. The summed E-state index contributed by atoms with van der Waals surface area (Å²) in [6.07, 6.45) is 0.418. The first-order valence-electron chi connectivity index (χ1n) is 5.78. The van der Waals surface area contributed by atoms with Crippen LogP contribution in [0.3, 0.4) is 0 Å². The first-order valence-corrected chi connectivity index (χ1v) is 5.78. The van der Waals surface area contributed by atoms with Gasteiger partial charge in [-0.25, -0.2) is 4.79 Å². The summed E-state index contributed by atoms with van der Waals surface area (Å²) in [5, 5.41) is 11.5. The topological polar surface area (TPSA) is 113 Å². The number of carbonyl (C=O) groups is 3. The highest BCUT2D eigenvalue weighted by Gasteiger charge is 2.40. The summed E-state index contributed by atoms with van der Waals surface area (Å²) in [6, 6.07) is -0.860. The molecule has 2 unspecified atom stereocenters. The second-order valence-corrected chi connectivity index (χ2v) is 5.09. The molecule has 1 heterocycles. The van der Waals surface area contributed by atoms with Gasteiger partial charge >= 0.3 is 12.0 Å². The molecule has 0 spiro atoms. The van der Waals surface area contributed by atoms with Crippen molar-refractivity contribution in [3.05, 3.63) is 0 Å². The van der Waals surface area contributed by atoms with Crippen molar-refractivity contribution in [1.29, 1.82) is 0 Å². The van der Waals surface area contributed by atoms with Gasteiger partial charge in [0, 0.05) is 12.6 Å². The number of carboxylic acid groups (broad SMARTS) is 1. The van der Waals surface area contributed by atoms with Gasteiger partial charge < -0.3 is 21.1 Å². The Balaban J connectivity index is 2.70. The number of urea groups is 1. The molecule has 0 aliphatic carbocycles. The molecule has 2 atom stereocenters. The minimum atomic E-state index is -1.15. The first kappa shape index (κ1) is 14.3. The average molecular weight is 257 g/mol. The quantitative estimate of drug-likeness (QED) is 0.647. The van der Waals surface area contributed by atoms with Crippen LogP contribution in [0, 0.1) is 5.92 Å². The molecular weight excluding hydrogens is 238 g/mol. The van der Waals surface area contributed by atoms with Crippen LogP contribution >= 0.6 is 0 Å². The molecule has 7 heteroatoms. The van der Waals surface area contributed by atoms with Crippen LogP contribution in [0.15, 0.2) is 0 Å². The zero-order valence-electron chi connectivity index (χ0n) is 10.8. The second-order valence-electron chi connectivity index (χ2n) is 5.09. The summed E-state index contributed by atoms with van der Waals surface area (Å²) >= 11 is 0. The Morgan fingerprint density at radius 1 is 1.39 bits per heavy atom. The molecule has 1 rings (SSSR count). The highest BCUT2D eigenvalue weighted by Crippen LogP contribution is 2.24. The number of hydrogen-bond donors (Lipinski definition) is 3. The summed E-state index contributed by atoms with van der Waals surface area (Å²) in [4.78, 5) is 35.4. The van der Waals surface area contributed by atoms with Crippen LogP contribution in [0.5, 0.6) is 0 Å². The van der Waals surface area contributed by atoms with Crippen molar-refractivity contribution in [1.82, 2.24) is 10.2 Å². The average Bonchev–Trinajstić information content (AvgIpc) is 2.59. The van der Waals surface area contributed by atoms with Crippen LogP contribution in [0.4, 0.5) is 4.79 Å². The number of carbonyl (C=O) groups excluding carboxylic acids is 2. The SMILES string of the molecule is CC1C(C(=O)O)CCN1C(=O)NC(C)(C)C(N)=O. The largest absolute Gasteiger partial charge is 0.481 e. The van der Waals surface area contributed by atoms with Crippen LogP contribution in [0.2, 0.25) is 0 Å². The lowest BCUT2D eigenvalue weighted by Crippen LogP contribution is -2.57. The van der Waals surface area contributed by atoms with E-state index in [0.29, 0.717) is 13.0 Å². The summed E-state index contributed by atoms with van der Waals surface area (Å²) in [7, 11) is 0. The van der Waals surface area contributed by atoms with Gasteiger partial charge in [0.2, 0.25) is 5.91 Å². The fraction of sp³-hybridized carbons (Fsp3) is 0.727. The fourth-order valence-corrected chi connectivity index (χ4v) is 1.96. The maximum atomic E-state index is 12.0. The van der Waals surface area contributed by atoms with Crippen LogP contribution < -0.4 is 11.1 Å². The summed E-state index contributed by atoms with van der Waals surface area (Å²) < 4.78 is 0. The molecule has 4 N–H and O–H groups in total. The van der Waals surface area contributed by atoms with Crippen molar-refractivity contribution in [2.45, 2.75) is 38.8 Å². The molecule has 0 aromatic heterocycles. The predicted molar refractivity (Wildman–Crippen MR) is 63.7 cm³/mol. The molecule has 18 heavy (non-hydrogen) atoms. The van der Waals surface area contributed by atoms with Crippen LogP contribution in [0.25, 0.3) is 0 Å². The summed E-state index contributed by atoms with van der Waals surface area (Å²) in [5.41, 5.74) is 4.01. The smallest absolute Gasteiger partial charge is 0.318 e. The van der Waals surface area contributed by atoms with E-state index in [1.807, 2.05) is 0 Å². The molecule has 0 radical (unpaired) electrons. The van der Waals surface area contributed by atoms with Gasteiger partial charge in [-0.15, -0.1) is 0 Å². The number of nitrogens with two attached hydrogens (primary N) is 1. The standard InChI is InChI=1S/C11H19N3O4/c1-6-7(8(15)16)4-5-14(6)10(18)13-11(2,3)9(12)17/h6-7H,4-5H2,1-3H3,(H2,12,17)(H,13,18)(H,15,16). The monoisotopic (exact) mass is 257 g/mol. The Morgan fingerprint density at radius 3 is 2.33 bits per heavy atom. The molecule has 3 amide bonds. The van der Waals surface area contributed by atoms with Crippen molar-refractivity contribution in [2.24, 2.45) is 11.7 Å². The molecule has 1 saturated heterocycles. The molecule has 102 valence electrons. The van der Waals surface area contributed by atoms with Crippen molar-refractivity contribution in [2.75, 3.05) is 6.54 Å². The zero-order chi connectivity index (χ0) is 14.1. The molecule has 1 fully saturated rings. The Kier molecular flexibility index (Phi) is 3.83. The van der Waals surface area contributed by atoms with Gasteiger partial charge in [0.15, 0.2) is 0 Å². The van der Waals surface area contributed by atoms with E-state index in [-0.39, 0.29) is 0 Å². The number of carboxylic acids is 1. The van der Waals surface area contributed by atoms with Crippen molar-refractivity contribution in [3.8, 4) is 0 Å². The minimum absolute atomic E-state index is 0.360. The second kappa shape index (κ2) is 4.83. The van der Waals surface area contributed by atoms with Crippen LogP contribution in [0.1, 0.15) is 27.2 Å². The number of nitrogens with one attached hydrogen (secondary N) is 1. The highest BCUT2D eigenvalue weighted by molar-refractivity contribution is 5.89. The molecule has 7 nitrogen and oxygen atoms in total. The highest BCUT2D eigenvalue weighted by atomic mass is 16.4. The third kappa shape index (κ3) is 2.72. The van der Waals surface area contributed by atoms with Gasteiger partial charge in [0.1, 0.15) is 5.54 Å². The van der Waals surface area contributed by atoms with Gasteiger partial charge in [0.05, 0.1) is 5.92 Å². The van der Waals surface area contributed by atoms with Crippen molar-refractivity contribution in [3.63, 3.8) is 0 Å². The van der Waals surface area contributed by atoms with Gasteiger partial charge in [-0.05, 0) is 27.2 Å². The predicted octanol–water partition coefficient (Wildman–Crippen LogP) is -0.245. The van der Waals surface area contributed by atoms with E-state index in [1.54, 1.807) is 6.92 Å². The van der Waals surface area contributed by atoms with E-state index >= 15 is 0 Å². The minimum Gasteiger partial charge on any atom is -0.481 e. The van der Waals surface area contributed by atoms with E-state index in [0.717, 1.165) is 0 Å². The lowest BCUT2D eigenvalue weighted by Gasteiger charge is -2.29. The molecule has 0 bridgehead atoms. The molecule has 1 aliphatic heterocycles. The fourth-order valence-electron chi connectivity index (χ4n) is 1.96. The number of amides is 3. The van der Waals surface area contributed by atoms with Crippen LogP contribution in [-0.2, 0) is 9.59 Å². The van der Waals surface area contributed by atoms with Crippen molar-refractivity contribution < 1.29 is 19.5 Å². The van der Waals surface area contributed by atoms with Gasteiger partial charge in [-0.1, -0.05) is 0 Å². The van der Waals surface area contributed by atoms with E-state index in [2.05, 4.69) is 5.32 Å². The Morgan fingerprint density at radius 2 is 1.94 bits per heavy atom. The molecule has 0 saturated carbocycles. The number of aliphatic carboxylic acids is 1. The Hall–Kier alpha value is -1.79. The Bertz CT molecular complexity index is 380. The molecule has 0 aromatic rings. The van der Waals surface area contributed by atoms with Gasteiger partial charge in [-0.3, -0.25) is 9.59 Å². The van der Waals surface area contributed by atoms with E-state index in [4.69, 9.17) is 10.8 Å². The summed E-state index contributed by atoms with van der Waals surface area (Å²) in [6.45, 7) is 5.05. The zero-order valence-corrected chi connectivity index (χ0v) is 10.8. The van der Waals surface area contributed by atoms with Gasteiger partial charge in [-0.2, -0.15) is 0 Å². The normalized spacial score (nSPS) is 23.8. The Labute approximate surface area is 105 Å². The molecule has 1 aliphatic rings. The third-order valence-electron chi connectivity index (χ3n) is 3.37. The van der Waals surface area contributed by atoms with E-state index in [1.165, 1.54) is 18.7 Å². The number of rotatable bonds is 3.